The summed E-state index contributed by atoms with van der Waals surface area (Å²) in [5, 5.41) is 10.9. The first kappa shape index (κ1) is 18.5. The number of amides is 1. The van der Waals surface area contributed by atoms with Crippen LogP contribution >= 0.6 is 0 Å². The van der Waals surface area contributed by atoms with Gasteiger partial charge in [0, 0.05) is 18.0 Å². The molecule has 4 rings (SSSR count). The van der Waals surface area contributed by atoms with Gasteiger partial charge in [0.1, 0.15) is 17.3 Å². The number of likely N-dealkylation sites (tertiary alicyclic amines) is 1. The largest absolute Gasteiger partial charge is 0.507 e. The van der Waals surface area contributed by atoms with E-state index in [0.29, 0.717) is 22.6 Å². The summed E-state index contributed by atoms with van der Waals surface area (Å²) in [6, 6.07) is 12.9. The standard InChI is InChI=1S/C22H18N2O5/c1-28-16-5-2-4-15(12-16)19-18(20(25)14-7-9-23-10-8-14)21(26)22(27)24(19)13-17-6-3-11-29-17/h2-12,19,25H,13H2,1H3. The van der Waals surface area contributed by atoms with Crippen LogP contribution in [0.2, 0.25) is 0 Å². The lowest BCUT2D eigenvalue weighted by molar-refractivity contribution is -0.140. The van der Waals surface area contributed by atoms with Crippen LogP contribution in [0.25, 0.3) is 5.76 Å². The lowest BCUT2D eigenvalue weighted by Gasteiger charge is -2.24. The minimum absolute atomic E-state index is 0.0148. The Morgan fingerprint density at radius 2 is 1.97 bits per heavy atom. The molecule has 1 N–H and O–H groups in total. The normalized spacial score (nSPS) is 18.2. The number of aliphatic hydroxyl groups excluding tert-OH is 1. The zero-order chi connectivity index (χ0) is 20.4. The van der Waals surface area contributed by atoms with Crippen molar-refractivity contribution in [2.45, 2.75) is 12.6 Å². The molecule has 0 aliphatic carbocycles. The molecule has 1 aliphatic heterocycles. The van der Waals surface area contributed by atoms with Gasteiger partial charge in [0.25, 0.3) is 11.7 Å². The first-order chi connectivity index (χ1) is 14.1. The molecule has 0 spiro atoms. The second-order valence-corrected chi connectivity index (χ2v) is 6.52. The zero-order valence-corrected chi connectivity index (χ0v) is 15.6. The van der Waals surface area contributed by atoms with Crippen molar-refractivity contribution in [2.75, 3.05) is 7.11 Å². The van der Waals surface area contributed by atoms with Crippen LogP contribution in [0.5, 0.6) is 5.75 Å². The Balaban J connectivity index is 1.88. The van der Waals surface area contributed by atoms with Crippen LogP contribution in [0, 0.1) is 0 Å². The SMILES string of the molecule is COc1cccc(C2C(=C(O)c3ccncc3)C(=O)C(=O)N2Cc2ccco2)c1. The second-order valence-electron chi connectivity index (χ2n) is 6.52. The van der Waals surface area contributed by atoms with E-state index in [4.69, 9.17) is 9.15 Å². The van der Waals surface area contributed by atoms with E-state index in [9.17, 15) is 14.7 Å². The van der Waals surface area contributed by atoms with Crippen molar-refractivity contribution in [3.8, 4) is 5.75 Å². The van der Waals surface area contributed by atoms with Crippen molar-refractivity contribution in [2.24, 2.45) is 0 Å². The number of benzene rings is 1. The van der Waals surface area contributed by atoms with Crippen molar-refractivity contribution >= 4 is 17.4 Å². The highest BCUT2D eigenvalue weighted by Crippen LogP contribution is 2.41. The van der Waals surface area contributed by atoms with Gasteiger partial charge in [0.15, 0.2) is 0 Å². The Labute approximate surface area is 166 Å². The monoisotopic (exact) mass is 390 g/mol. The molecule has 1 amide bonds. The van der Waals surface area contributed by atoms with Crippen molar-refractivity contribution in [3.63, 3.8) is 0 Å². The van der Waals surface area contributed by atoms with Gasteiger partial charge in [0.05, 0.1) is 31.5 Å². The number of rotatable bonds is 5. The van der Waals surface area contributed by atoms with E-state index in [1.54, 1.807) is 48.5 Å². The van der Waals surface area contributed by atoms with E-state index in [-0.39, 0.29) is 17.9 Å². The van der Waals surface area contributed by atoms with Crippen LogP contribution in [-0.4, -0.2) is 33.8 Å². The van der Waals surface area contributed by atoms with Gasteiger partial charge in [0.2, 0.25) is 0 Å². The number of ether oxygens (including phenoxy) is 1. The Bertz CT molecular complexity index is 1070. The maximum Gasteiger partial charge on any atom is 0.296 e. The number of Topliss-reactive ketones (excluding diaryl/α,β-unsaturated/α-hetero) is 1. The van der Waals surface area contributed by atoms with E-state index < -0.39 is 17.7 Å². The van der Waals surface area contributed by atoms with E-state index in [2.05, 4.69) is 4.98 Å². The Morgan fingerprint density at radius 1 is 1.17 bits per heavy atom. The number of carbonyl (C=O) groups is 2. The summed E-state index contributed by atoms with van der Waals surface area (Å²) in [7, 11) is 1.54. The summed E-state index contributed by atoms with van der Waals surface area (Å²) < 4.78 is 10.7. The fourth-order valence-corrected chi connectivity index (χ4v) is 3.44. The van der Waals surface area contributed by atoms with Gasteiger partial charge in [-0.05, 0) is 42.0 Å². The molecular weight excluding hydrogens is 372 g/mol. The first-order valence-electron chi connectivity index (χ1n) is 8.95. The fraction of sp³-hybridized carbons (Fsp3) is 0.136. The fourth-order valence-electron chi connectivity index (χ4n) is 3.44. The summed E-state index contributed by atoms with van der Waals surface area (Å²) >= 11 is 0. The summed E-state index contributed by atoms with van der Waals surface area (Å²) in [5.41, 5.74) is 1.07. The third kappa shape index (κ3) is 3.38. The molecule has 1 aromatic carbocycles. The topological polar surface area (TPSA) is 92.9 Å². The van der Waals surface area contributed by atoms with E-state index in [0.717, 1.165) is 0 Å². The molecule has 0 bridgehead atoms. The minimum atomic E-state index is -0.789. The van der Waals surface area contributed by atoms with Gasteiger partial charge in [-0.15, -0.1) is 0 Å². The lowest BCUT2D eigenvalue weighted by Crippen LogP contribution is -2.29. The van der Waals surface area contributed by atoms with Crippen molar-refractivity contribution in [1.29, 1.82) is 0 Å². The van der Waals surface area contributed by atoms with Crippen LogP contribution in [0.15, 0.2) is 77.2 Å². The van der Waals surface area contributed by atoms with Crippen molar-refractivity contribution < 1.29 is 23.8 Å². The highest BCUT2D eigenvalue weighted by molar-refractivity contribution is 6.46. The van der Waals surface area contributed by atoms with E-state index >= 15 is 0 Å². The van der Waals surface area contributed by atoms with Crippen LogP contribution in [0.4, 0.5) is 0 Å². The number of nitrogens with zero attached hydrogens (tertiary/aromatic N) is 2. The number of hydrogen-bond acceptors (Lipinski definition) is 6. The average molecular weight is 390 g/mol. The summed E-state index contributed by atoms with van der Waals surface area (Å²) in [4.78, 5) is 31.1. The number of furan rings is 1. The maximum atomic E-state index is 12.9. The molecule has 1 atom stereocenters. The van der Waals surface area contributed by atoms with Gasteiger partial charge in [-0.25, -0.2) is 0 Å². The third-order valence-corrected chi connectivity index (χ3v) is 4.81. The molecule has 29 heavy (non-hydrogen) atoms. The summed E-state index contributed by atoms with van der Waals surface area (Å²) in [5.74, 6) is -0.595. The lowest BCUT2D eigenvalue weighted by atomic mass is 9.95. The molecule has 0 radical (unpaired) electrons. The van der Waals surface area contributed by atoms with Crippen LogP contribution in [0.1, 0.15) is 22.9 Å². The predicted octanol–water partition coefficient (Wildman–Crippen LogP) is 3.31. The van der Waals surface area contributed by atoms with Crippen LogP contribution in [0.3, 0.4) is 0 Å². The number of carbonyl (C=O) groups excluding carboxylic acids is 2. The molecule has 2 aromatic heterocycles. The third-order valence-electron chi connectivity index (χ3n) is 4.81. The van der Waals surface area contributed by atoms with Gasteiger partial charge >= 0.3 is 0 Å². The molecule has 146 valence electrons. The smallest absolute Gasteiger partial charge is 0.296 e. The van der Waals surface area contributed by atoms with Crippen LogP contribution in [-0.2, 0) is 16.1 Å². The molecule has 0 saturated carbocycles. The Kier molecular flexibility index (Phi) is 4.87. The molecule has 7 nitrogen and oxygen atoms in total. The molecule has 7 heteroatoms. The molecular formula is C22H18N2O5. The van der Waals surface area contributed by atoms with E-state index in [1.807, 2.05) is 0 Å². The Hall–Kier alpha value is -3.87. The number of ketones is 1. The molecule has 1 aliphatic rings. The maximum absolute atomic E-state index is 12.9. The number of methoxy groups -OCH3 is 1. The zero-order valence-electron chi connectivity index (χ0n) is 15.6. The number of hydrogen-bond donors (Lipinski definition) is 1. The Morgan fingerprint density at radius 3 is 2.66 bits per heavy atom. The van der Waals surface area contributed by atoms with Crippen molar-refractivity contribution in [1.82, 2.24) is 9.88 Å². The number of pyridine rings is 1. The minimum Gasteiger partial charge on any atom is -0.507 e. The highest BCUT2D eigenvalue weighted by atomic mass is 16.5. The highest BCUT2D eigenvalue weighted by Gasteiger charge is 2.46. The molecule has 3 heterocycles. The number of aliphatic hydroxyl groups is 1. The second kappa shape index (κ2) is 7.63. The summed E-state index contributed by atoms with van der Waals surface area (Å²) in [6.45, 7) is 0.0899. The van der Waals surface area contributed by atoms with Gasteiger partial charge in [-0.2, -0.15) is 0 Å². The quantitative estimate of drug-likeness (QED) is 0.408. The van der Waals surface area contributed by atoms with Gasteiger partial charge in [-0.3, -0.25) is 14.6 Å². The number of aromatic nitrogens is 1. The van der Waals surface area contributed by atoms with Crippen molar-refractivity contribution in [3.05, 3.63) is 89.6 Å². The molecule has 1 unspecified atom stereocenters. The van der Waals surface area contributed by atoms with Gasteiger partial charge in [-0.1, -0.05) is 12.1 Å². The molecule has 1 fully saturated rings. The molecule has 3 aromatic rings. The first-order valence-corrected chi connectivity index (χ1v) is 8.95. The average Bonchev–Trinajstić information content (AvgIpc) is 3.36. The molecule has 1 saturated heterocycles. The predicted molar refractivity (Wildman–Crippen MR) is 104 cm³/mol. The van der Waals surface area contributed by atoms with Crippen LogP contribution < -0.4 is 4.74 Å². The van der Waals surface area contributed by atoms with Gasteiger partial charge < -0.3 is 19.2 Å². The van der Waals surface area contributed by atoms with E-state index in [1.165, 1.54) is 30.7 Å². The summed E-state index contributed by atoms with van der Waals surface area (Å²) in [6.07, 6.45) is 4.52.